The Morgan fingerprint density at radius 1 is 1.04 bits per heavy atom. The molecule has 0 fully saturated rings. The van der Waals surface area contributed by atoms with Gasteiger partial charge in [0.2, 0.25) is 0 Å². The summed E-state index contributed by atoms with van der Waals surface area (Å²) in [6.07, 6.45) is 4.50. The quantitative estimate of drug-likeness (QED) is 0.648. The van der Waals surface area contributed by atoms with Crippen molar-refractivity contribution in [3.63, 3.8) is 0 Å². The van der Waals surface area contributed by atoms with Crippen molar-refractivity contribution in [1.29, 1.82) is 0 Å². The second-order valence-electron chi connectivity index (χ2n) is 5.77. The fourth-order valence-corrected chi connectivity index (χ4v) is 2.88. The van der Waals surface area contributed by atoms with Gasteiger partial charge in [0.25, 0.3) is 5.56 Å². The van der Waals surface area contributed by atoms with E-state index in [-0.39, 0.29) is 5.58 Å². The monoisotopic (exact) mass is 343 g/mol. The van der Waals surface area contributed by atoms with Crippen molar-refractivity contribution in [2.45, 2.75) is 32.6 Å². The highest BCUT2D eigenvalue weighted by Crippen LogP contribution is 2.16. The number of halogens is 1. The number of aromatic nitrogens is 1. The molecule has 0 saturated carbocycles. The number of nitrogens with zero attached hydrogens (tertiary/aromatic N) is 1. The minimum atomic E-state index is -0.714. The van der Waals surface area contributed by atoms with E-state index in [2.05, 4.69) is 6.92 Å². The molecule has 3 rings (SSSR count). The van der Waals surface area contributed by atoms with Crippen molar-refractivity contribution in [2.75, 3.05) is 0 Å². The van der Waals surface area contributed by atoms with Crippen molar-refractivity contribution in [3.05, 3.63) is 74.0 Å². The molecule has 2 aromatic carbocycles. The topological polar surface area (TPSA) is 52.2 Å². The van der Waals surface area contributed by atoms with Crippen LogP contribution in [-0.2, 0) is 6.42 Å². The molecule has 0 atom stereocenters. The molecule has 0 aliphatic heterocycles. The molecule has 1 heterocycles. The number of benzene rings is 2. The van der Waals surface area contributed by atoms with Crippen LogP contribution in [-0.4, -0.2) is 4.57 Å². The van der Waals surface area contributed by atoms with Gasteiger partial charge in [-0.25, -0.2) is 9.36 Å². The predicted molar refractivity (Wildman–Crippen MR) is 96.3 cm³/mol. The van der Waals surface area contributed by atoms with Crippen LogP contribution in [0.4, 0.5) is 0 Å². The minimum Gasteiger partial charge on any atom is -0.409 e. The maximum Gasteiger partial charge on any atom is 0.426 e. The average molecular weight is 344 g/mol. The van der Waals surface area contributed by atoms with E-state index >= 15 is 0 Å². The van der Waals surface area contributed by atoms with Crippen molar-refractivity contribution in [1.82, 2.24) is 4.57 Å². The van der Waals surface area contributed by atoms with Gasteiger partial charge in [0.15, 0.2) is 0 Å². The first-order chi connectivity index (χ1) is 11.6. The van der Waals surface area contributed by atoms with Crippen molar-refractivity contribution in [2.24, 2.45) is 0 Å². The third-order valence-electron chi connectivity index (χ3n) is 4.02. The number of hydrogen-bond donors (Lipinski definition) is 0. The Bertz CT molecular complexity index is 971. The zero-order valence-corrected chi connectivity index (χ0v) is 14.2. The lowest BCUT2D eigenvalue weighted by atomic mass is 10.1. The number of aryl methyl sites for hydroxylation is 1. The zero-order chi connectivity index (χ0) is 17.1. The lowest BCUT2D eigenvalue weighted by Crippen LogP contribution is -2.30. The van der Waals surface area contributed by atoms with Gasteiger partial charge in [-0.1, -0.05) is 43.5 Å². The molecule has 5 heteroatoms. The Morgan fingerprint density at radius 2 is 1.79 bits per heavy atom. The second kappa shape index (κ2) is 7.05. The summed E-state index contributed by atoms with van der Waals surface area (Å²) in [5, 5.41) is 0.741. The molecule has 0 aliphatic rings. The van der Waals surface area contributed by atoms with Crippen LogP contribution in [0.2, 0.25) is 5.02 Å². The molecule has 0 bridgehead atoms. The fraction of sp³-hybridized carbons (Fsp3) is 0.263. The summed E-state index contributed by atoms with van der Waals surface area (Å²) in [6.45, 7) is 2.17. The maximum atomic E-state index is 12.6. The third kappa shape index (κ3) is 3.29. The maximum absolute atomic E-state index is 12.6. The minimum absolute atomic E-state index is 0.199. The Hall–Kier alpha value is -2.33. The smallest absolute Gasteiger partial charge is 0.409 e. The van der Waals surface area contributed by atoms with Crippen molar-refractivity contribution >= 4 is 22.6 Å². The van der Waals surface area contributed by atoms with E-state index in [4.69, 9.17) is 16.0 Å². The highest BCUT2D eigenvalue weighted by molar-refractivity contribution is 6.31. The van der Waals surface area contributed by atoms with Gasteiger partial charge in [-0.05, 0) is 42.7 Å². The van der Waals surface area contributed by atoms with Gasteiger partial charge >= 0.3 is 5.76 Å². The molecule has 1 aromatic heterocycles. The van der Waals surface area contributed by atoms with Gasteiger partial charge in [0.1, 0.15) is 5.58 Å². The Labute approximate surface area is 144 Å². The van der Waals surface area contributed by atoms with E-state index in [1.807, 2.05) is 12.1 Å². The summed E-state index contributed by atoms with van der Waals surface area (Å²) in [7, 11) is 0. The van der Waals surface area contributed by atoms with Crippen LogP contribution < -0.4 is 11.3 Å². The largest absolute Gasteiger partial charge is 0.426 e. The molecule has 0 N–H and O–H groups in total. The highest BCUT2D eigenvalue weighted by Gasteiger charge is 2.11. The van der Waals surface area contributed by atoms with E-state index in [9.17, 15) is 9.59 Å². The molecule has 4 nitrogen and oxygen atoms in total. The molecule has 0 spiro atoms. The number of hydrogen-bond acceptors (Lipinski definition) is 3. The standard InChI is InChI=1S/C19H18ClNO3/c1-2-3-4-5-13-6-9-15(10-7-13)21-18(22)16-11-8-14(20)12-17(16)24-19(21)23/h6-12H,2-5H2,1H3. The predicted octanol–water partition coefficient (Wildman–Crippen LogP) is 4.33. The van der Waals surface area contributed by atoms with Gasteiger partial charge in [-0.15, -0.1) is 0 Å². The first kappa shape index (κ1) is 16.5. The molecular formula is C19H18ClNO3. The van der Waals surface area contributed by atoms with E-state index < -0.39 is 11.3 Å². The van der Waals surface area contributed by atoms with Crippen LogP contribution in [0.15, 0.2) is 56.5 Å². The van der Waals surface area contributed by atoms with Crippen LogP contribution in [0.5, 0.6) is 0 Å². The van der Waals surface area contributed by atoms with E-state index in [0.717, 1.165) is 17.4 Å². The first-order valence-electron chi connectivity index (χ1n) is 8.05. The highest BCUT2D eigenvalue weighted by atomic mass is 35.5. The van der Waals surface area contributed by atoms with Crippen LogP contribution in [0.25, 0.3) is 16.7 Å². The molecule has 24 heavy (non-hydrogen) atoms. The Balaban J connectivity index is 2.01. The third-order valence-corrected chi connectivity index (χ3v) is 4.26. The second-order valence-corrected chi connectivity index (χ2v) is 6.21. The van der Waals surface area contributed by atoms with E-state index in [1.165, 1.54) is 24.5 Å². The first-order valence-corrected chi connectivity index (χ1v) is 8.42. The van der Waals surface area contributed by atoms with Crippen molar-refractivity contribution < 1.29 is 4.42 Å². The number of rotatable bonds is 5. The van der Waals surface area contributed by atoms with E-state index in [1.54, 1.807) is 24.3 Å². The normalized spacial score (nSPS) is 11.1. The number of unbranched alkanes of at least 4 members (excludes halogenated alkanes) is 2. The lowest BCUT2D eigenvalue weighted by Gasteiger charge is -2.07. The van der Waals surface area contributed by atoms with Crippen LogP contribution in [0.3, 0.4) is 0 Å². The van der Waals surface area contributed by atoms with Crippen LogP contribution >= 0.6 is 11.6 Å². The summed E-state index contributed by atoms with van der Waals surface area (Å²) >= 11 is 5.88. The molecule has 0 unspecified atom stereocenters. The van der Waals surface area contributed by atoms with Crippen LogP contribution in [0, 0.1) is 0 Å². The zero-order valence-electron chi connectivity index (χ0n) is 13.4. The average Bonchev–Trinajstić information content (AvgIpc) is 2.56. The van der Waals surface area contributed by atoms with Gasteiger partial charge in [0.05, 0.1) is 11.1 Å². The summed E-state index contributed by atoms with van der Waals surface area (Å²) < 4.78 is 6.29. The SMILES string of the molecule is CCCCCc1ccc(-n2c(=O)oc3cc(Cl)ccc3c2=O)cc1. The summed E-state index contributed by atoms with van der Waals surface area (Å²) in [5.41, 5.74) is 1.49. The summed E-state index contributed by atoms with van der Waals surface area (Å²) in [4.78, 5) is 24.8. The molecule has 0 radical (unpaired) electrons. The Morgan fingerprint density at radius 3 is 2.50 bits per heavy atom. The van der Waals surface area contributed by atoms with Gasteiger partial charge in [-0.2, -0.15) is 0 Å². The Kier molecular flexibility index (Phi) is 4.86. The molecule has 0 aliphatic carbocycles. The molecule has 3 aromatic rings. The summed E-state index contributed by atoms with van der Waals surface area (Å²) in [5.74, 6) is -0.714. The van der Waals surface area contributed by atoms with Gasteiger partial charge < -0.3 is 4.42 Å². The molecular weight excluding hydrogens is 326 g/mol. The van der Waals surface area contributed by atoms with Gasteiger partial charge in [0, 0.05) is 11.1 Å². The van der Waals surface area contributed by atoms with Gasteiger partial charge in [-0.3, -0.25) is 4.79 Å². The fourth-order valence-electron chi connectivity index (χ4n) is 2.71. The van der Waals surface area contributed by atoms with Crippen molar-refractivity contribution in [3.8, 4) is 5.69 Å². The van der Waals surface area contributed by atoms with E-state index in [0.29, 0.717) is 16.1 Å². The summed E-state index contributed by atoms with van der Waals surface area (Å²) in [6, 6.07) is 12.1. The molecule has 0 saturated heterocycles. The number of fused-ring (bicyclic) bond motifs is 1. The molecule has 124 valence electrons. The molecule has 0 amide bonds. The lowest BCUT2D eigenvalue weighted by molar-refractivity contribution is 0.504. The van der Waals surface area contributed by atoms with Crippen LogP contribution in [0.1, 0.15) is 31.7 Å².